The molecule has 0 bridgehead atoms. The van der Waals surface area contributed by atoms with E-state index in [-0.39, 0.29) is 5.91 Å². The van der Waals surface area contributed by atoms with Crippen molar-refractivity contribution in [2.24, 2.45) is 11.7 Å². The van der Waals surface area contributed by atoms with Crippen LogP contribution in [0.4, 0.5) is 11.4 Å². The monoisotopic (exact) mass is 277 g/mol. The zero-order valence-electron chi connectivity index (χ0n) is 12.1. The number of nitrogens with one attached hydrogen (secondary N) is 2. The lowest BCUT2D eigenvalue weighted by Crippen LogP contribution is -2.29. The van der Waals surface area contributed by atoms with Gasteiger partial charge in [-0.1, -0.05) is 6.42 Å². The maximum Gasteiger partial charge on any atom is 0.221 e. The van der Waals surface area contributed by atoms with Crippen molar-refractivity contribution >= 4 is 17.3 Å². The lowest BCUT2D eigenvalue weighted by atomic mass is 10.0. The molecule has 110 valence electrons. The second-order valence-corrected chi connectivity index (χ2v) is 5.27. The van der Waals surface area contributed by atoms with E-state index in [2.05, 4.69) is 10.6 Å². The maximum absolute atomic E-state index is 11.1. The van der Waals surface area contributed by atoms with Gasteiger partial charge in [-0.15, -0.1) is 0 Å². The first kappa shape index (κ1) is 14.7. The molecule has 0 saturated heterocycles. The topological polar surface area (TPSA) is 76.4 Å². The molecular weight excluding hydrogens is 254 g/mol. The molecular formula is C15H23N3O2. The zero-order chi connectivity index (χ0) is 14.5. The van der Waals surface area contributed by atoms with Crippen LogP contribution in [0.3, 0.4) is 0 Å². The predicted molar refractivity (Wildman–Crippen MR) is 81.1 cm³/mol. The molecule has 1 aromatic rings. The van der Waals surface area contributed by atoms with Crippen LogP contribution in [-0.2, 0) is 4.79 Å². The van der Waals surface area contributed by atoms with Gasteiger partial charge in [-0.25, -0.2) is 0 Å². The van der Waals surface area contributed by atoms with Gasteiger partial charge >= 0.3 is 0 Å². The number of hydrogen-bond acceptors (Lipinski definition) is 4. The molecule has 2 unspecified atom stereocenters. The van der Waals surface area contributed by atoms with Gasteiger partial charge in [0.2, 0.25) is 5.91 Å². The smallest absolute Gasteiger partial charge is 0.221 e. The van der Waals surface area contributed by atoms with Crippen LogP contribution in [0.15, 0.2) is 18.2 Å². The lowest BCUT2D eigenvalue weighted by Gasteiger charge is -2.22. The Bertz CT molecular complexity index is 476. The number of benzene rings is 1. The fourth-order valence-electron chi connectivity index (χ4n) is 2.81. The summed E-state index contributed by atoms with van der Waals surface area (Å²) in [6, 6.07) is 5.98. The summed E-state index contributed by atoms with van der Waals surface area (Å²) in [5.41, 5.74) is 7.49. The van der Waals surface area contributed by atoms with Crippen molar-refractivity contribution in [2.75, 3.05) is 24.3 Å². The van der Waals surface area contributed by atoms with Crippen molar-refractivity contribution in [3.8, 4) is 5.75 Å². The quantitative estimate of drug-likeness (QED) is 0.771. The summed E-state index contributed by atoms with van der Waals surface area (Å²) in [5, 5.41) is 6.31. The normalized spacial score (nSPS) is 21.6. The van der Waals surface area contributed by atoms with Gasteiger partial charge in [0.15, 0.2) is 0 Å². The molecule has 2 rings (SSSR count). The molecule has 2 atom stereocenters. The molecule has 1 saturated carbocycles. The first-order valence-corrected chi connectivity index (χ1v) is 7.06. The molecule has 5 heteroatoms. The van der Waals surface area contributed by atoms with E-state index in [0.717, 1.165) is 23.5 Å². The highest BCUT2D eigenvalue weighted by Gasteiger charge is 2.26. The van der Waals surface area contributed by atoms with Gasteiger partial charge in [-0.05, 0) is 43.5 Å². The third-order valence-corrected chi connectivity index (χ3v) is 3.82. The van der Waals surface area contributed by atoms with Crippen molar-refractivity contribution in [2.45, 2.75) is 32.2 Å². The van der Waals surface area contributed by atoms with E-state index < -0.39 is 0 Å². The Balaban J connectivity index is 2.17. The molecule has 0 radical (unpaired) electrons. The minimum Gasteiger partial charge on any atom is -0.495 e. The number of carbonyl (C=O) groups excluding carboxylic acids is 1. The third-order valence-electron chi connectivity index (χ3n) is 3.82. The molecule has 1 aliphatic carbocycles. The Morgan fingerprint density at radius 1 is 1.45 bits per heavy atom. The van der Waals surface area contributed by atoms with Crippen LogP contribution in [0.5, 0.6) is 5.75 Å². The molecule has 4 N–H and O–H groups in total. The lowest BCUT2D eigenvalue weighted by molar-refractivity contribution is -0.114. The number of carbonyl (C=O) groups is 1. The number of hydrogen-bond donors (Lipinski definition) is 3. The minimum absolute atomic E-state index is 0.0817. The summed E-state index contributed by atoms with van der Waals surface area (Å²) < 4.78 is 5.38. The number of methoxy groups -OCH3 is 1. The predicted octanol–water partition coefficient (Wildman–Crippen LogP) is 2.19. The number of ether oxygens (including phenoxy) is 1. The first-order valence-electron chi connectivity index (χ1n) is 7.06. The van der Waals surface area contributed by atoms with E-state index in [9.17, 15) is 4.79 Å². The van der Waals surface area contributed by atoms with Gasteiger partial charge in [-0.3, -0.25) is 4.79 Å². The minimum atomic E-state index is -0.0817. The van der Waals surface area contributed by atoms with Crippen LogP contribution >= 0.6 is 0 Å². The van der Waals surface area contributed by atoms with Crippen LogP contribution in [0.25, 0.3) is 0 Å². The molecule has 0 heterocycles. The Morgan fingerprint density at radius 2 is 2.25 bits per heavy atom. The summed E-state index contributed by atoms with van der Waals surface area (Å²) in [4.78, 5) is 11.1. The molecule has 0 aromatic heterocycles. The van der Waals surface area contributed by atoms with E-state index in [4.69, 9.17) is 10.5 Å². The van der Waals surface area contributed by atoms with Crippen LogP contribution in [0.1, 0.15) is 26.2 Å². The third kappa shape index (κ3) is 3.42. The van der Waals surface area contributed by atoms with Gasteiger partial charge in [-0.2, -0.15) is 0 Å². The Hall–Kier alpha value is -1.75. The molecule has 0 aliphatic heterocycles. The largest absolute Gasteiger partial charge is 0.495 e. The Labute approximate surface area is 119 Å². The van der Waals surface area contributed by atoms with Crippen molar-refractivity contribution in [1.82, 2.24) is 0 Å². The standard InChI is InChI=1S/C15H23N3O2/c1-10(19)17-12-6-7-15(20-2)14(8-12)18-13-5-3-4-11(13)9-16/h6-8,11,13,18H,3-5,9,16H2,1-2H3,(H,17,19). The second kappa shape index (κ2) is 6.61. The van der Waals surface area contributed by atoms with E-state index in [1.807, 2.05) is 18.2 Å². The fourth-order valence-corrected chi connectivity index (χ4v) is 2.81. The highest BCUT2D eigenvalue weighted by molar-refractivity contribution is 5.89. The maximum atomic E-state index is 11.1. The van der Waals surface area contributed by atoms with E-state index in [0.29, 0.717) is 18.5 Å². The average Bonchev–Trinajstić information content (AvgIpc) is 2.85. The van der Waals surface area contributed by atoms with Gasteiger partial charge in [0, 0.05) is 18.7 Å². The van der Waals surface area contributed by atoms with Crippen molar-refractivity contribution in [3.63, 3.8) is 0 Å². The van der Waals surface area contributed by atoms with Crippen LogP contribution in [0.2, 0.25) is 0 Å². The van der Waals surface area contributed by atoms with Crippen molar-refractivity contribution < 1.29 is 9.53 Å². The number of amides is 1. The first-order chi connectivity index (χ1) is 9.63. The fraction of sp³-hybridized carbons (Fsp3) is 0.533. The average molecular weight is 277 g/mol. The summed E-state index contributed by atoms with van der Waals surface area (Å²) in [5.74, 6) is 1.20. The zero-order valence-corrected chi connectivity index (χ0v) is 12.1. The SMILES string of the molecule is COc1ccc(NC(C)=O)cc1NC1CCCC1CN. The molecule has 20 heavy (non-hydrogen) atoms. The van der Waals surface area contributed by atoms with Crippen molar-refractivity contribution in [1.29, 1.82) is 0 Å². The molecule has 1 aromatic carbocycles. The van der Waals surface area contributed by atoms with Crippen LogP contribution in [-0.4, -0.2) is 25.6 Å². The van der Waals surface area contributed by atoms with E-state index in [1.54, 1.807) is 7.11 Å². The summed E-state index contributed by atoms with van der Waals surface area (Å²) in [6.45, 7) is 2.20. The van der Waals surface area contributed by atoms with E-state index >= 15 is 0 Å². The molecule has 0 spiro atoms. The number of rotatable bonds is 5. The highest BCUT2D eigenvalue weighted by Crippen LogP contribution is 2.33. The summed E-state index contributed by atoms with van der Waals surface area (Å²) in [7, 11) is 1.65. The number of nitrogens with two attached hydrogens (primary N) is 1. The van der Waals surface area contributed by atoms with Gasteiger partial charge < -0.3 is 21.1 Å². The number of anilines is 2. The van der Waals surface area contributed by atoms with Crippen LogP contribution in [0, 0.1) is 5.92 Å². The van der Waals surface area contributed by atoms with Gasteiger partial charge in [0.1, 0.15) is 5.75 Å². The Kier molecular flexibility index (Phi) is 4.84. The molecule has 5 nitrogen and oxygen atoms in total. The molecule has 1 fully saturated rings. The Morgan fingerprint density at radius 3 is 2.90 bits per heavy atom. The van der Waals surface area contributed by atoms with Gasteiger partial charge in [0.25, 0.3) is 0 Å². The van der Waals surface area contributed by atoms with E-state index in [1.165, 1.54) is 19.8 Å². The summed E-state index contributed by atoms with van der Waals surface area (Å²) >= 11 is 0. The molecule has 1 amide bonds. The highest BCUT2D eigenvalue weighted by atomic mass is 16.5. The molecule has 1 aliphatic rings. The van der Waals surface area contributed by atoms with Crippen molar-refractivity contribution in [3.05, 3.63) is 18.2 Å². The van der Waals surface area contributed by atoms with Crippen LogP contribution < -0.4 is 21.1 Å². The van der Waals surface area contributed by atoms with Gasteiger partial charge in [0.05, 0.1) is 12.8 Å². The summed E-state index contributed by atoms with van der Waals surface area (Å²) in [6.07, 6.45) is 3.49. The second-order valence-electron chi connectivity index (χ2n) is 5.27.